The Balaban J connectivity index is 1.62. The number of unbranched alkanes of at least 4 members (excludes halogenated alkanes) is 1. The summed E-state index contributed by atoms with van der Waals surface area (Å²) in [6.07, 6.45) is 4.75. The number of rotatable bonds is 7. The fourth-order valence-electron chi connectivity index (χ4n) is 3.85. The van der Waals surface area contributed by atoms with E-state index < -0.39 is 0 Å². The summed E-state index contributed by atoms with van der Waals surface area (Å²) in [4.78, 5) is 0. The molecule has 1 nitrogen and oxygen atoms in total. The molecule has 0 radical (unpaired) electrons. The van der Waals surface area contributed by atoms with Gasteiger partial charge in [-0.3, -0.25) is 4.48 Å². The summed E-state index contributed by atoms with van der Waals surface area (Å²) in [5, 5.41) is 2.77. The Hall–Kier alpha value is -2.12. The van der Waals surface area contributed by atoms with Crippen molar-refractivity contribution < 1.29 is 0 Å². The number of hydrogen-bond donors (Lipinski definition) is 0. The lowest BCUT2D eigenvalue weighted by atomic mass is 10.00. The molecule has 0 aliphatic heterocycles. The van der Waals surface area contributed by atoms with Crippen LogP contribution >= 0.6 is 0 Å². The minimum absolute atomic E-state index is 0.972. The highest BCUT2D eigenvalue weighted by atomic mass is 15.3. The van der Waals surface area contributed by atoms with Gasteiger partial charge in [-0.1, -0.05) is 67.6 Å². The third-order valence-corrected chi connectivity index (χ3v) is 5.32. The van der Waals surface area contributed by atoms with Crippen LogP contribution in [0.15, 0.2) is 66.7 Å². The van der Waals surface area contributed by atoms with Crippen molar-refractivity contribution in [1.29, 1.82) is 0 Å². The van der Waals surface area contributed by atoms with Crippen LogP contribution in [0.5, 0.6) is 0 Å². The van der Waals surface area contributed by atoms with Crippen LogP contribution in [0.1, 0.15) is 30.9 Å². The number of benzene rings is 3. The summed E-state index contributed by atoms with van der Waals surface area (Å²) < 4.78 is 0.972. The first kappa shape index (κ1) is 17.7. The molecule has 0 atom stereocenters. The molecule has 3 rings (SSSR count). The molecule has 3 aromatic carbocycles. The zero-order chi connectivity index (χ0) is 17.7. The molecule has 0 N–H and O–H groups in total. The second-order valence-electron chi connectivity index (χ2n) is 7.49. The Labute approximate surface area is 152 Å². The molecule has 0 aromatic heterocycles. The molecule has 0 fully saturated rings. The molecule has 130 valence electrons. The molecule has 0 heterocycles. The molecule has 0 saturated heterocycles. The van der Waals surface area contributed by atoms with Crippen LogP contribution in [-0.2, 0) is 12.8 Å². The molecule has 0 aliphatic rings. The summed E-state index contributed by atoms with van der Waals surface area (Å²) in [6, 6.07) is 24.3. The van der Waals surface area contributed by atoms with Crippen molar-refractivity contribution in [2.45, 2.75) is 32.6 Å². The Morgan fingerprint density at radius 1 is 0.720 bits per heavy atom. The molecular formula is C24H30N+. The van der Waals surface area contributed by atoms with E-state index in [9.17, 15) is 0 Å². The van der Waals surface area contributed by atoms with Gasteiger partial charge < -0.3 is 0 Å². The van der Waals surface area contributed by atoms with E-state index in [-0.39, 0.29) is 0 Å². The third kappa shape index (κ3) is 4.11. The summed E-state index contributed by atoms with van der Waals surface area (Å²) in [5.74, 6) is 0. The normalized spacial score (nSPS) is 11.8. The predicted molar refractivity (Wildman–Crippen MR) is 111 cm³/mol. The van der Waals surface area contributed by atoms with Crippen molar-refractivity contribution in [3.8, 4) is 0 Å². The fraction of sp³-hybridized carbons (Fsp3) is 0.333. The standard InChI is InChI=1S/C24H30N/c1-4-20-12-6-8-18-24(20)25(2,3)19-10-9-14-22-16-11-15-21-13-5-7-17-23(21)22/h5-8,11-13,15-18H,4,9-10,14,19H2,1-3H3/q+1. The molecule has 0 spiro atoms. The number of para-hydroxylation sites is 1. The number of quaternary nitrogens is 1. The second-order valence-corrected chi connectivity index (χ2v) is 7.49. The van der Waals surface area contributed by atoms with Crippen molar-refractivity contribution in [1.82, 2.24) is 4.48 Å². The lowest BCUT2D eigenvalue weighted by Gasteiger charge is -2.31. The molecule has 1 heteroatoms. The summed E-state index contributed by atoms with van der Waals surface area (Å²) in [5.41, 5.74) is 4.43. The van der Waals surface area contributed by atoms with E-state index >= 15 is 0 Å². The summed E-state index contributed by atoms with van der Waals surface area (Å²) >= 11 is 0. The molecular weight excluding hydrogens is 302 g/mol. The quantitative estimate of drug-likeness (QED) is 0.368. The number of hydrogen-bond acceptors (Lipinski definition) is 0. The van der Waals surface area contributed by atoms with Crippen molar-refractivity contribution in [2.24, 2.45) is 0 Å². The van der Waals surface area contributed by atoms with E-state index in [0.717, 1.165) is 17.3 Å². The third-order valence-electron chi connectivity index (χ3n) is 5.32. The van der Waals surface area contributed by atoms with Gasteiger partial charge >= 0.3 is 0 Å². The molecule has 0 amide bonds. The molecule has 0 unspecified atom stereocenters. The van der Waals surface area contributed by atoms with Gasteiger partial charge in [0.1, 0.15) is 5.69 Å². The van der Waals surface area contributed by atoms with E-state index in [1.54, 1.807) is 0 Å². The van der Waals surface area contributed by atoms with Crippen molar-refractivity contribution in [2.75, 3.05) is 20.6 Å². The average molecular weight is 333 g/mol. The minimum Gasteiger partial charge on any atom is -0.296 e. The van der Waals surface area contributed by atoms with Gasteiger partial charge in [0.15, 0.2) is 0 Å². The highest BCUT2D eigenvalue weighted by Crippen LogP contribution is 2.26. The number of nitrogens with zero attached hydrogens (tertiary/aromatic N) is 1. The van der Waals surface area contributed by atoms with E-state index in [1.165, 1.54) is 47.0 Å². The Kier molecular flexibility index (Phi) is 5.55. The maximum Gasteiger partial charge on any atom is 0.135 e. The lowest BCUT2D eigenvalue weighted by molar-refractivity contribution is 0.383. The van der Waals surface area contributed by atoms with Crippen molar-refractivity contribution >= 4 is 16.5 Å². The Morgan fingerprint density at radius 2 is 1.40 bits per heavy atom. The zero-order valence-electron chi connectivity index (χ0n) is 15.8. The van der Waals surface area contributed by atoms with Crippen LogP contribution in [-0.4, -0.2) is 20.6 Å². The summed E-state index contributed by atoms with van der Waals surface area (Å²) in [6.45, 7) is 3.43. The Morgan fingerprint density at radius 3 is 2.24 bits per heavy atom. The van der Waals surface area contributed by atoms with Crippen LogP contribution in [0, 0.1) is 0 Å². The highest BCUT2D eigenvalue weighted by molar-refractivity contribution is 5.85. The van der Waals surface area contributed by atoms with Crippen molar-refractivity contribution in [3.63, 3.8) is 0 Å². The van der Waals surface area contributed by atoms with Crippen LogP contribution in [0.4, 0.5) is 5.69 Å². The molecule has 0 bridgehead atoms. The molecule has 3 aromatic rings. The smallest absolute Gasteiger partial charge is 0.135 e. The highest BCUT2D eigenvalue weighted by Gasteiger charge is 2.21. The second kappa shape index (κ2) is 7.84. The van der Waals surface area contributed by atoms with Gasteiger partial charge in [-0.25, -0.2) is 0 Å². The summed E-state index contributed by atoms with van der Waals surface area (Å²) in [7, 11) is 4.68. The van der Waals surface area contributed by atoms with Gasteiger partial charge in [0.2, 0.25) is 0 Å². The minimum atomic E-state index is 0.972. The maximum atomic E-state index is 2.34. The average Bonchev–Trinajstić information content (AvgIpc) is 2.65. The van der Waals surface area contributed by atoms with E-state index in [0.29, 0.717) is 0 Å². The van der Waals surface area contributed by atoms with Crippen LogP contribution < -0.4 is 4.48 Å². The van der Waals surface area contributed by atoms with Gasteiger partial charge in [-0.05, 0) is 48.1 Å². The topological polar surface area (TPSA) is 0 Å². The largest absolute Gasteiger partial charge is 0.296 e. The van der Waals surface area contributed by atoms with Crippen LogP contribution in [0.25, 0.3) is 10.8 Å². The molecule has 25 heavy (non-hydrogen) atoms. The van der Waals surface area contributed by atoms with Gasteiger partial charge in [0.05, 0.1) is 20.6 Å². The first-order chi connectivity index (χ1) is 12.1. The van der Waals surface area contributed by atoms with E-state index in [1.807, 2.05) is 0 Å². The van der Waals surface area contributed by atoms with Gasteiger partial charge in [-0.15, -0.1) is 0 Å². The van der Waals surface area contributed by atoms with Crippen LogP contribution in [0.2, 0.25) is 0 Å². The monoisotopic (exact) mass is 332 g/mol. The number of fused-ring (bicyclic) bond motifs is 1. The lowest BCUT2D eigenvalue weighted by Crippen LogP contribution is -2.42. The zero-order valence-corrected chi connectivity index (χ0v) is 15.8. The first-order valence-corrected chi connectivity index (χ1v) is 9.50. The fourth-order valence-corrected chi connectivity index (χ4v) is 3.85. The van der Waals surface area contributed by atoms with Crippen LogP contribution in [0.3, 0.4) is 0 Å². The Bertz CT molecular complexity index is 827. The van der Waals surface area contributed by atoms with Gasteiger partial charge in [0.25, 0.3) is 0 Å². The number of aryl methyl sites for hydroxylation is 2. The SMILES string of the molecule is CCc1ccccc1[N+](C)(C)CCCCc1cccc2ccccc12. The molecule has 0 saturated carbocycles. The van der Waals surface area contributed by atoms with Crippen molar-refractivity contribution in [3.05, 3.63) is 77.9 Å². The maximum absolute atomic E-state index is 2.34. The predicted octanol–water partition coefficient (Wildman–Crippen LogP) is 5.99. The molecule has 0 aliphatic carbocycles. The van der Waals surface area contributed by atoms with E-state index in [2.05, 4.69) is 87.7 Å². The van der Waals surface area contributed by atoms with E-state index in [4.69, 9.17) is 0 Å². The first-order valence-electron chi connectivity index (χ1n) is 9.50. The van der Waals surface area contributed by atoms with Gasteiger partial charge in [0, 0.05) is 5.56 Å². The van der Waals surface area contributed by atoms with Gasteiger partial charge in [-0.2, -0.15) is 0 Å².